The minimum Gasteiger partial charge on any atom is -0.321 e. The lowest BCUT2D eigenvalue weighted by molar-refractivity contribution is 0.204. The molecule has 0 saturated carbocycles. The van der Waals surface area contributed by atoms with Crippen molar-refractivity contribution >= 4 is 6.03 Å². The van der Waals surface area contributed by atoms with Gasteiger partial charge in [0.15, 0.2) is 0 Å². The van der Waals surface area contributed by atoms with Crippen molar-refractivity contribution in [3.05, 3.63) is 0 Å². The van der Waals surface area contributed by atoms with E-state index in [1.165, 1.54) is 4.90 Å². The molecule has 1 atom stereocenters. The zero-order valence-electron chi connectivity index (χ0n) is 5.51. The number of nitrogens with two attached hydrogens (primary N) is 1. The molecule has 4 nitrogen and oxygen atoms in total. The van der Waals surface area contributed by atoms with Gasteiger partial charge in [0.2, 0.25) is 0 Å². The molecule has 58 valence electrons. The second kappa shape index (κ2) is 2.83. The molecule has 0 radical (unpaired) electrons. The summed E-state index contributed by atoms with van der Waals surface area (Å²) in [4.78, 5) is 12.0. The Balaban J connectivity index is 2.37. The molecule has 10 heavy (non-hydrogen) atoms. The zero-order valence-corrected chi connectivity index (χ0v) is 5.51. The van der Waals surface area contributed by atoms with Crippen LogP contribution in [0.15, 0.2) is 0 Å². The van der Waals surface area contributed by atoms with Crippen LogP contribution < -0.4 is 11.3 Å². The highest BCUT2D eigenvalue weighted by atomic mass is 19.1. The Morgan fingerprint density at radius 3 is 2.90 bits per heavy atom. The number of carbonyl (C=O) groups excluding carboxylic acids is 1. The number of hydrogen-bond donors (Lipinski definition) is 2. The Bertz CT molecular complexity index is 141. The van der Waals surface area contributed by atoms with Gasteiger partial charge in [-0.3, -0.25) is 5.43 Å². The second-order valence-electron chi connectivity index (χ2n) is 2.28. The van der Waals surface area contributed by atoms with Crippen molar-refractivity contribution in [1.82, 2.24) is 10.3 Å². The van der Waals surface area contributed by atoms with Crippen molar-refractivity contribution in [2.45, 2.75) is 12.6 Å². The van der Waals surface area contributed by atoms with Crippen molar-refractivity contribution in [1.29, 1.82) is 0 Å². The molecule has 0 aliphatic carbocycles. The summed E-state index contributed by atoms with van der Waals surface area (Å²) in [6.07, 6.45) is -0.453. The van der Waals surface area contributed by atoms with Gasteiger partial charge in [-0.15, -0.1) is 0 Å². The lowest BCUT2D eigenvalue weighted by atomic mass is 10.3. The van der Waals surface area contributed by atoms with Crippen LogP contribution in [0.4, 0.5) is 9.18 Å². The lowest BCUT2D eigenvalue weighted by Gasteiger charge is -2.12. The second-order valence-corrected chi connectivity index (χ2v) is 2.28. The number of alkyl halides is 1. The summed E-state index contributed by atoms with van der Waals surface area (Å²) in [6, 6.07) is -0.403. The van der Waals surface area contributed by atoms with Gasteiger partial charge in [-0.2, -0.15) is 0 Å². The number of halogens is 1. The average molecular weight is 147 g/mol. The maximum Gasteiger partial charge on any atom is 0.331 e. The number of nitrogens with zero attached hydrogens (tertiary/aromatic N) is 1. The summed E-state index contributed by atoms with van der Waals surface area (Å²) in [5.74, 6) is 4.83. The zero-order chi connectivity index (χ0) is 7.56. The molecule has 1 aliphatic rings. The van der Waals surface area contributed by atoms with Crippen LogP contribution in [0.3, 0.4) is 0 Å². The third-order valence-electron chi connectivity index (χ3n) is 1.54. The molecule has 1 heterocycles. The van der Waals surface area contributed by atoms with Gasteiger partial charge in [0.25, 0.3) is 0 Å². The predicted molar refractivity (Wildman–Crippen MR) is 33.8 cm³/mol. The van der Waals surface area contributed by atoms with Gasteiger partial charge < -0.3 is 4.90 Å². The number of hydrogen-bond acceptors (Lipinski definition) is 2. The maximum atomic E-state index is 12.4. The molecule has 0 aromatic heterocycles. The molecule has 0 spiro atoms. The van der Waals surface area contributed by atoms with Crippen LogP contribution in [0, 0.1) is 0 Å². The fourth-order valence-corrected chi connectivity index (χ4v) is 0.993. The number of urea groups is 1. The van der Waals surface area contributed by atoms with E-state index in [1.807, 2.05) is 5.43 Å². The summed E-state index contributed by atoms with van der Waals surface area (Å²) in [7, 11) is 0. The summed E-state index contributed by atoms with van der Waals surface area (Å²) in [5.41, 5.74) is 1.95. The Morgan fingerprint density at radius 2 is 2.50 bits per heavy atom. The molecule has 1 rings (SSSR count). The fourth-order valence-electron chi connectivity index (χ4n) is 0.993. The molecular formula is C5H10FN3O. The maximum absolute atomic E-state index is 12.4. The van der Waals surface area contributed by atoms with Crippen molar-refractivity contribution in [3.8, 4) is 0 Å². The average Bonchev–Trinajstić information content (AvgIpc) is 2.34. The molecule has 1 unspecified atom stereocenters. The quantitative estimate of drug-likeness (QED) is 0.278. The first kappa shape index (κ1) is 7.27. The Kier molecular flexibility index (Phi) is 2.06. The van der Waals surface area contributed by atoms with Crippen LogP contribution in [0.25, 0.3) is 0 Å². The van der Waals surface area contributed by atoms with Crippen LogP contribution in [0.2, 0.25) is 0 Å². The summed E-state index contributed by atoms with van der Waals surface area (Å²) < 4.78 is 12.4. The molecule has 0 aromatic rings. The van der Waals surface area contributed by atoms with E-state index in [0.717, 1.165) is 0 Å². The number of rotatable bonds is 0. The smallest absolute Gasteiger partial charge is 0.321 e. The van der Waals surface area contributed by atoms with E-state index in [-0.39, 0.29) is 6.54 Å². The molecule has 1 aliphatic heterocycles. The van der Waals surface area contributed by atoms with Gasteiger partial charge in [-0.05, 0) is 6.42 Å². The molecule has 2 amide bonds. The number of nitrogens with one attached hydrogen (secondary N) is 1. The van der Waals surface area contributed by atoms with Crippen LogP contribution in [-0.4, -0.2) is 30.2 Å². The summed E-state index contributed by atoms with van der Waals surface area (Å²) >= 11 is 0. The standard InChI is InChI=1S/C5H10FN3O/c6-4-1-2-9(3-4)5(10)8-7/h4H,1-3,7H2,(H,8,10). The van der Waals surface area contributed by atoms with Crippen LogP contribution >= 0.6 is 0 Å². The predicted octanol–water partition coefficient (Wildman–Crippen LogP) is -0.387. The minimum atomic E-state index is -0.878. The van der Waals surface area contributed by atoms with E-state index in [4.69, 9.17) is 5.84 Å². The topological polar surface area (TPSA) is 58.4 Å². The SMILES string of the molecule is NNC(=O)N1CCC(F)C1. The first-order valence-electron chi connectivity index (χ1n) is 3.13. The van der Waals surface area contributed by atoms with E-state index in [1.54, 1.807) is 0 Å². The largest absolute Gasteiger partial charge is 0.331 e. The van der Waals surface area contributed by atoms with E-state index < -0.39 is 12.2 Å². The molecule has 3 N–H and O–H groups in total. The van der Waals surface area contributed by atoms with E-state index in [9.17, 15) is 9.18 Å². The van der Waals surface area contributed by atoms with E-state index >= 15 is 0 Å². The molecular weight excluding hydrogens is 137 g/mol. The molecule has 5 heteroatoms. The molecule has 1 saturated heterocycles. The van der Waals surface area contributed by atoms with Crippen molar-refractivity contribution in [2.24, 2.45) is 5.84 Å². The van der Waals surface area contributed by atoms with Gasteiger partial charge in [0.05, 0.1) is 6.54 Å². The Hall–Kier alpha value is -0.840. The highest BCUT2D eigenvalue weighted by Crippen LogP contribution is 2.11. The molecule has 0 aromatic carbocycles. The van der Waals surface area contributed by atoms with Crippen molar-refractivity contribution < 1.29 is 9.18 Å². The highest BCUT2D eigenvalue weighted by Gasteiger charge is 2.24. The Morgan fingerprint density at radius 1 is 1.80 bits per heavy atom. The number of likely N-dealkylation sites (tertiary alicyclic amines) is 1. The van der Waals surface area contributed by atoms with Crippen LogP contribution in [0.1, 0.15) is 6.42 Å². The van der Waals surface area contributed by atoms with Crippen LogP contribution in [0.5, 0.6) is 0 Å². The van der Waals surface area contributed by atoms with Gasteiger partial charge in [0.1, 0.15) is 6.17 Å². The van der Waals surface area contributed by atoms with Crippen LogP contribution in [-0.2, 0) is 0 Å². The summed E-state index contributed by atoms with van der Waals surface area (Å²) in [6.45, 7) is 0.632. The normalized spacial score (nSPS) is 25.0. The third-order valence-corrected chi connectivity index (χ3v) is 1.54. The Labute approximate surface area is 58.1 Å². The number of hydrazine groups is 1. The van der Waals surface area contributed by atoms with Gasteiger partial charge in [0, 0.05) is 6.54 Å². The number of amides is 2. The first-order chi connectivity index (χ1) is 4.74. The summed E-state index contributed by atoms with van der Waals surface area (Å²) in [5, 5.41) is 0. The van der Waals surface area contributed by atoms with Crippen molar-refractivity contribution in [2.75, 3.05) is 13.1 Å². The number of carbonyl (C=O) groups is 1. The molecule has 0 bridgehead atoms. The van der Waals surface area contributed by atoms with E-state index in [2.05, 4.69) is 0 Å². The van der Waals surface area contributed by atoms with Crippen molar-refractivity contribution in [3.63, 3.8) is 0 Å². The first-order valence-corrected chi connectivity index (χ1v) is 3.13. The molecule has 1 fully saturated rings. The van der Waals surface area contributed by atoms with Gasteiger partial charge in [-0.25, -0.2) is 15.0 Å². The minimum absolute atomic E-state index is 0.170. The third kappa shape index (κ3) is 1.36. The lowest BCUT2D eigenvalue weighted by Crippen LogP contribution is -2.42. The monoisotopic (exact) mass is 147 g/mol. The fraction of sp³-hybridized carbons (Fsp3) is 0.800. The van der Waals surface area contributed by atoms with E-state index in [0.29, 0.717) is 13.0 Å². The van der Waals surface area contributed by atoms with Gasteiger partial charge in [-0.1, -0.05) is 0 Å². The van der Waals surface area contributed by atoms with Gasteiger partial charge >= 0.3 is 6.03 Å². The highest BCUT2D eigenvalue weighted by molar-refractivity contribution is 5.73.